The summed E-state index contributed by atoms with van der Waals surface area (Å²) in [7, 11) is 0. The molecule has 0 bridgehead atoms. The number of hydrogen-bond acceptors (Lipinski definition) is 3. The molecule has 3 heteroatoms. The van der Waals surface area contributed by atoms with E-state index in [4.69, 9.17) is 0 Å². The van der Waals surface area contributed by atoms with Crippen LogP contribution in [0.1, 0.15) is 59.8 Å². The molecule has 1 N–H and O–H groups in total. The smallest absolute Gasteiger partial charge is 0.105 e. The van der Waals surface area contributed by atoms with Crippen molar-refractivity contribution in [2.45, 2.75) is 71.4 Å². The fourth-order valence-electron chi connectivity index (χ4n) is 3.24. The number of piperidine rings is 1. The van der Waals surface area contributed by atoms with E-state index in [0.29, 0.717) is 11.5 Å². The molecule has 20 heavy (non-hydrogen) atoms. The minimum atomic E-state index is -0.331. The van der Waals surface area contributed by atoms with Gasteiger partial charge in [-0.1, -0.05) is 20.8 Å². The Hall–Kier alpha value is -0.590. The molecule has 1 aliphatic carbocycles. The zero-order valence-corrected chi connectivity index (χ0v) is 13.7. The molecule has 1 aliphatic heterocycles. The maximum atomic E-state index is 9.41. The Morgan fingerprint density at radius 2 is 1.70 bits per heavy atom. The van der Waals surface area contributed by atoms with Crippen molar-refractivity contribution in [1.29, 1.82) is 5.26 Å². The number of nitriles is 1. The van der Waals surface area contributed by atoms with Crippen molar-refractivity contribution in [3.05, 3.63) is 0 Å². The highest BCUT2D eigenvalue weighted by atomic mass is 15.1. The topological polar surface area (TPSA) is 39.1 Å². The third kappa shape index (κ3) is 4.46. The first-order valence-corrected chi connectivity index (χ1v) is 8.24. The Bertz CT molecular complexity index is 353. The van der Waals surface area contributed by atoms with E-state index in [1.807, 2.05) is 0 Å². The number of hydrogen-bond donors (Lipinski definition) is 1. The first-order valence-electron chi connectivity index (χ1n) is 8.24. The Balaban J connectivity index is 1.74. The summed E-state index contributed by atoms with van der Waals surface area (Å²) in [5.41, 5.74) is 0.114. The normalized spacial score (nSPS) is 25.1. The van der Waals surface area contributed by atoms with E-state index in [1.54, 1.807) is 0 Å². The second-order valence-electron chi connectivity index (χ2n) is 8.09. The fourth-order valence-corrected chi connectivity index (χ4v) is 3.24. The molecule has 1 saturated carbocycles. The van der Waals surface area contributed by atoms with Crippen LogP contribution in [0, 0.1) is 22.7 Å². The van der Waals surface area contributed by atoms with Gasteiger partial charge in [-0.05, 0) is 63.5 Å². The minimum Gasteiger partial charge on any atom is -0.303 e. The van der Waals surface area contributed by atoms with Gasteiger partial charge in [-0.15, -0.1) is 0 Å². The van der Waals surface area contributed by atoms with Gasteiger partial charge < -0.3 is 4.90 Å². The van der Waals surface area contributed by atoms with E-state index >= 15 is 0 Å². The van der Waals surface area contributed by atoms with Crippen molar-refractivity contribution >= 4 is 0 Å². The van der Waals surface area contributed by atoms with Gasteiger partial charge in [-0.25, -0.2) is 0 Å². The maximum Gasteiger partial charge on any atom is 0.105 e. The highest BCUT2D eigenvalue weighted by Crippen LogP contribution is 2.34. The highest BCUT2D eigenvalue weighted by molar-refractivity contribution is 5.07. The molecule has 0 aromatic carbocycles. The molecular formula is C17H31N3. The van der Waals surface area contributed by atoms with Crippen molar-refractivity contribution in [3.63, 3.8) is 0 Å². The summed E-state index contributed by atoms with van der Waals surface area (Å²) in [6, 6.07) is 3.09. The molecule has 1 saturated heterocycles. The average Bonchev–Trinajstić information content (AvgIpc) is 3.20. The van der Waals surface area contributed by atoms with E-state index in [2.05, 4.69) is 44.0 Å². The van der Waals surface area contributed by atoms with E-state index in [9.17, 15) is 5.26 Å². The second kappa shape index (κ2) is 6.03. The Morgan fingerprint density at radius 3 is 2.15 bits per heavy atom. The molecule has 0 aromatic rings. The summed E-state index contributed by atoms with van der Waals surface area (Å²) in [5, 5.41) is 12.9. The summed E-state index contributed by atoms with van der Waals surface area (Å²) < 4.78 is 0. The average molecular weight is 277 g/mol. The molecule has 3 nitrogen and oxygen atoms in total. The summed E-state index contributed by atoms with van der Waals surface area (Å²) >= 11 is 0. The van der Waals surface area contributed by atoms with Crippen molar-refractivity contribution in [3.8, 4) is 6.07 Å². The SMILES string of the molecule is CC(C#N)(CCN1CCC(C(C)(C)C)CC1)NC1CC1. The summed E-state index contributed by atoms with van der Waals surface area (Å²) in [6.07, 6.45) is 6.05. The molecular weight excluding hydrogens is 246 g/mol. The summed E-state index contributed by atoms with van der Waals surface area (Å²) in [4.78, 5) is 2.55. The van der Waals surface area contributed by atoms with Crippen LogP contribution in [-0.4, -0.2) is 36.1 Å². The lowest BCUT2D eigenvalue weighted by Crippen LogP contribution is -2.46. The molecule has 0 radical (unpaired) electrons. The quantitative estimate of drug-likeness (QED) is 0.839. The molecule has 114 valence electrons. The zero-order chi connectivity index (χ0) is 14.8. The molecule has 2 rings (SSSR count). The van der Waals surface area contributed by atoms with Crippen LogP contribution in [-0.2, 0) is 0 Å². The van der Waals surface area contributed by atoms with Gasteiger partial charge in [0, 0.05) is 12.6 Å². The molecule has 0 amide bonds. The van der Waals surface area contributed by atoms with E-state index < -0.39 is 0 Å². The molecule has 1 heterocycles. The van der Waals surface area contributed by atoms with Crippen LogP contribution in [0.5, 0.6) is 0 Å². The van der Waals surface area contributed by atoms with Crippen LogP contribution in [0.4, 0.5) is 0 Å². The van der Waals surface area contributed by atoms with Crippen LogP contribution in [0.2, 0.25) is 0 Å². The highest BCUT2D eigenvalue weighted by Gasteiger charge is 2.34. The van der Waals surface area contributed by atoms with Crippen molar-refractivity contribution in [1.82, 2.24) is 10.2 Å². The van der Waals surface area contributed by atoms with E-state index in [0.717, 1.165) is 18.9 Å². The lowest BCUT2D eigenvalue weighted by atomic mass is 9.75. The van der Waals surface area contributed by atoms with Crippen molar-refractivity contribution in [2.24, 2.45) is 11.3 Å². The molecule has 2 fully saturated rings. The number of likely N-dealkylation sites (tertiary alicyclic amines) is 1. The van der Waals surface area contributed by atoms with Crippen LogP contribution in [0.15, 0.2) is 0 Å². The van der Waals surface area contributed by atoms with Gasteiger partial charge in [0.15, 0.2) is 0 Å². The first kappa shape index (κ1) is 15.8. The number of nitrogens with zero attached hydrogens (tertiary/aromatic N) is 2. The van der Waals surface area contributed by atoms with E-state index in [1.165, 1.54) is 38.8 Å². The van der Waals surface area contributed by atoms with Crippen LogP contribution < -0.4 is 5.32 Å². The van der Waals surface area contributed by atoms with Gasteiger partial charge >= 0.3 is 0 Å². The Morgan fingerprint density at radius 1 is 1.10 bits per heavy atom. The van der Waals surface area contributed by atoms with Gasteiger partial charge in [0.1, 0.15) is 5.54 Å². The molecule has 1 unspecified atom stereocenters. The van der Waals surface area contributed by atoms with E-state index in [-0.39, 0.29) is 5.54 Å². The summed E-state index contributed by atoms with van der Waals surface area (Å²) in [6.45, 7) is 12.6. The Labute approximate surface area is 124 Å². The fraction of sp³-hybridized carbons (Fsp3) is 0.941. The second-order valence-corrected chi connectivity index (χ2v) is 8.09. The van der Waals surface area contributed by atoms with Gasteiger partial charge in [-0.2, -0.15) is 5.26 Å². The zero-order valence-electron chi connectivity index (χ0n) is 13.7. The monoisotopic (exact) mass is 277 g/mol. The van der Waals surface area contributed by atoms with Crippen LogP contribution in [0.25, 0.3) is 0 Å². The van der Waals surface area contributed by atoms with Gasteiger partial charge in [-0.3, -0.25) is 5.32 Å². The molecule has 0 aromatic heterocycles. The van der Waals surface area contributed by atoms with Crippen molar-refractivity contribution < 1.29 is 0 Å². The lowest BCUT2D eigenvalue weighted by molar-refractivity contribution is 0.107. The predicted octanol–water partition coefficient (Wildman–Crippen LogP) is 3.17. The van der Waals surface area contributed by atoms with Crippen molar-refractivity contribution in [2.75, 3.05) is 19.6 Å². The lowest BCUT2D eigenvalue weighted by Gasteiger charge is -2.39. The summed E-state index contributed by atoms with van der Waals surface area (Å²) in [5.74, 6) is 0.852. The maximum absolute atomic E-state index is 9.41. The van der Waals surface area contributed by atoms with Crippen LogP contribution in [0.3, 0.4) is 0 Å². The van der Waals surface area contributed by atoms with Gasteiger partial charge in [0.25, 0.3) is 0 Å². The molecule has 2 aliphatic rings. The largest absolute Gasteiger partial charge is 0.303 e. The minimum absolute atomic E-state index is 0.331. The Kier molecular flexibility index (Phi) is 4.76. The molecule has 1 atom stereocenters. The van der Waals surface area contributed by atoms with Gasteiger partial charge in [0.05, 0.1) is 6.07 Å². The number of rotatable bonds is 5. The standard InChI is InChI=1S/C17H31N3/c1-16(2,3)14-7-10-20(11-8-14)12-9-17(4,13-18)19-15-5-6-15/h14-15,19H,5-12H2,1-4H3. The first-order chi connectivity index (χ1) is 9.32. The predicted molar refractivity (Wildman–Crippen MR) is 83.4 cm³/mol. The number of nitrogens with one attached hydrogen (secondary N) is 1. The van der Waals surface area contributed by atoms with Crippen LogP contribution >= 0.6 is 0 Å². The third-order valence-electron chi connectivity index (χ3n) is 5.09. The van der Waals surface area contributed by atoms with Gasteiger partial charge in [0.2, 0.25) is 0 Å². The third-order valence-corrected chi connectivity index (χ3v) is 5.09. The molecule has 0 spiro atoms.